The number of carbonyl (C=O) groups is 1. The second kappa shape index (κ2) is 6.13. The van der Waals surface area contributed by atoms with Crippen molar-refractivity contribution in [1.82, 2.24) is 19.7 Å². The number of rotatable bonds is 5. The molecule has 0 aliphatic rings. The summed E-state index contributed by atoms with van der Waals surface area (Å²) in [5.41, 5.74) is 1.13. The SMILES string of the molecule is CC(C)N(Cc1ccccc1)C(=O)Cn1cncn1. The second-order valence-electron chi connectivity index (χ2n) is 4.69. The lowest BCUT2D eigenvalue weighted by molar-refractivity contribution is -0.134. The molecule has 1 aromatic carbocycles. The molecule has 100 valence electrons. The predicted molar refractivity (Wildman–Crippen MR) is 72.2 cm³/mol. The minimum atomic E-state index is 0.0457. The van der Waals surface area contributed by atoms with Gasteiger partial charge in [0.05, 0.1) is 0 Å². The van der Waals surface area contributed by atoms with Gasteiger partial charge in [0.1, 0.15) is 19.2 Å². The molecule has 0 spiro atoms. The zero-order valence-electron chi connectivity index (χ0n) is 11.2. The summed E-state index contributed by atoms with van der Waals surface area (Å²) in [5, 5.41) is 3.96. The van der Waals surface area contributed by atoms with Crippen LogP contribution >= 0.6 is 0 Å². The van der Waals surface area contributed by atoms with E-state index in [1.165, 1.54) is 6.33 Å². The van der Waals surface area contributed by atoms with E-state index in [1.807, 2.05) is 49.1 Å². The normalized spacial score (nSPS) is 10.7. The molecule has 0 saturated carbocycles. The van der Waals surface area contributed by atoms with Gasteiger partial charge in [0, 0.05) is 12.6 Å². The van der Waals surface area contributed by atoms with Gasteiger partial charge in [-0.25, -0.2) is 9.67 Å². The number of nitrogens with zero attached hydrogens (tertiary/aromatic N) is 4. The molecule has 19 heavy (non-hydrogen) atoms. The first-order valence-electron chi connectivity index (χ1n) is 6.32. The molecule has 1 aromatic heterocycles. The van der Waals surface area contributed by atoms with Gasteiger partial charge in [-0.1, -0.05) is 30.3 Å². The van der Waals surface area contributed by atoms with Gasteiger partial charge in [-0.15, -0.1) is 0 Å². The number of carbonyl (C=O) groups excluding carboxylic acids is 1. The standard InChI is InChI=1S/C14H18N4O/c1-12(2)18(8-13-6-4-3-5-7-13)14(19)9-17-11-15-10-16-17/h3-7,10-12H,8-9H2,1-2H3. The van der Waals surface area contributed by atoms with E-state index < -0.39 is 0 Å². The van der Waals surface area contributed by atoms with Crippen LogP contribution in [-0.2, 0) is 17.9 Å². The molecule has 5 nitrogen and oxygen atoms in total. The van der Waals surface area contributed by atoms with Crippen LogP contribution in [0.15, 0.2) is 43.0 Å². The molecule has 0 aliphatic heterocycles. The zero-order valence-corrected chi connectivity index (χ0v) is 11.2. The smallest absolute Gasteiger partial charge is 0.244 e. The number of aromatic nitrogens is 3. The summed E-state index contributed by atoms with van der Waals surface area (Å²) in [5.74, 6) is 0.0457. The maximum Gasteiger partial charge on any atom is 0.244 e. The number of amides is 1. The Kier molecular flexibility index (Phi) is 4.28. The van der Waals surface area contributed by atoms with Crippen molar-refractivity contribution in [1.29, 1.82) is 0 Å². The Morgan fingerprint density at radius 2 is 2.05 bits per heavy atom. The van der Waals surface area contributed by atoms with Crippen LogP contribution in [0.25, 0.3) is 0 Å². The van der Waals surface area contributed by atoms with Gasteiger partial charge in [0.15, 0.2) is 0 Å². The highest BCUT2D eigenvalue weighted by atomic mass is 16.2. The molecular formula is C14H18N4O. The molecular weight excluding hydrogens is 240 g/mol. The van der Waals surface area contributed by atoms with Gasteiger partial charge in [-0.2, -0.15) is 5.10 Å². The van der Waals surface area contributed by atoms with Crippen molar-refractivity contribution in [2.45, 2.75) is 33.0 Å². The zero-order chi connectivity index (χ0) is 13.7. The van der Waals surface area contributed by atoms with Gasteiger partial charge in [0.25, 0.3) is 0 Å². The molecule has 0 unspecified atom stereocenters. The van der Waals surface area contributed by atoms with Crippen molar-refractivity contribution >= 4 is 5.91 Å². The summed E-state index contributed by atoms with van der Waals surface area (Å²) in [6.45, 7) is 4.88. The lowest BCUT2D eigenvalue weighted by Crippen LogP contribution is -2.38. The molecule has 0 fully saturated rings. The Hall–Kier alpha value is -2.17. The topological polar surface area (TPSA) is 51.0 Å². The summed E-state index contributed by atoms with van der Waals surface area (Å²) in [6, 6.07) is 10.1. The Labute approximate surface area is 112 Å². The summed E-state index contributed by atoms with van der Waals surface area (Å²) in [4.78, 5) is 18.0. The molecule has 2 aromatic rings. The van der Waals surface area contributed by atoms with Crippen LogP contribution in [-0.4, -0.2) is 31.6 Å². The molecule has 1 amide bonds. The van der Waals surface area contributed by atoms with Gasteiger partial charge < -0.3 is 4.90 Å². The van der Waals surface area contributed by atoms with Gasteiger partial charge in [0.2, 0.25) is 5.91 Å². The first-order chi connectivity index (χ1) is 9.16. The van der Waals surface area contributed by atoms with E-state index in [2.05, 4.69) is 10.1 Å². The minimum absolute atomic E-state index is 0.0457. The molecule has 0 radical (unpaired) electrons. The first kappa shape index (κ1) is 13.3. The average Bonchev–Trinajstić information content (AvgIpc) is 2.89. The third-order valence-corrected chi connectivity index (χ3v) is 2.90. The quantitative estimate of drug-likeness (QED) is 0.820. The highest BCUT2D eigenvalue weighted by Crippen LogP contribution is 2.09. The van der Waals surface area contributed by atoms with E-state index in [9.17, 15) is 4.79 Å². The average molecular weight is 258 g/mol. The Balaban J connectivity index is 2.05. The fourth-order valence-corrected chi connectivity index (χ4v) is 1.88. The van der Waals surface area contributed by atoms with E-state index in [4.69, 9.17) is 0 Å². The Bertz CT molecular complexity index is 508. The van der Waals surface area contributed by atoms with Crippen molar-refractivity contribution in [3.8, 4) is 0 Å². The highest BCUT2D eigenvalue weighted by molar-refractivity contribution is 5.76. The molecule has 0 saturated heterocycles. The highest BCUT2D eigenvalue weighted by Gasteiger charge is 2.17. The van der Waals surface area contributed by atoms with Crippen molar-refractivity contribution in [3.63, 3.8) is 0 Å². The van der Waals surface area contributed by atoms with Crippen LogP contribution in [0.4, 0.5) is 0 Å². The molecule has 0 bridgehead atoms. The predicted octanol–water partition coefficient (Wildman–Crippen LogP) is 1.72. The first-order valence-corrected chi connectivity index (χ1v) is 6.32. The molecule has 0 aliphatic carbocycles. The van der Waals surface area contributed by atoms with Gasteiger partial charge >= 0.3 is 0 Å². The minimum Gasteiger partial charge on any atom is -0.334 e. The van der Waals surface area contributed by atoms with Crippen molar-refractivity contribution < 1.29 is 4.79 Å². The van der Waals surface area contributed by atoms with E-state index in [0.717, 1.165) is 5.56 Å². The van der Waals surface area contributed by atoms with Crippen molar-refractivity contribution in [2.75, 3.05) is 0 Å². The molecule has 1 heterocycles. The van der Waals surface area contributed by atoms with Crippen LogP contribution in [0.3, 0.4) is 0 Å². The van der Waals surface area contributed by atoms with Gasteiger partial charge in [-0.05, 0) is 19.4 Å². The number of hydrogen-bond donors (Lipinski definition) is 0. The lowest BCUT2D eigenvalue weighted by Gasteiger charge is -2.26. The molecule has 2 rings (SSSR count). The van der Waals surface area contributed by atoms with Crippen molar-refractivity contribution in [2.24, 2.45) is 0 Å². The van der Waals surface area contributed by atoms with Crippen LogP contribution in [0.2, 0.25) is 0 Å². The summed E-state index contributed by atoms with van der Waals surface area (Å²) >= 11 is 0. The fourth-order valence-electron chi connectivity index (χ4n) is 1.88. The molecule has 0 N–H and O–H groups in total. The van der Waals surface area contributed by atoms with Crippen molar-refractivity contribution in [3.05, 3.63) is 48.5 Å². The van der Waals surface area contributed by atoms with Crippen LogP contribution < -0.4 is 0 Å². The number of benzene rings is 1. The fraction of sp³-hybridized carbons (Fsp3) is 0.357. The molecule has 5 heteroatoms. The maximum atomic E-state index is 12.3. The van der Waals surface area contributed by atoms with E-state index in [1.54, 1.807) is 11.0 Å². The summed E-state index contributed by atoms with van der Waals surface area (Å²) in [7, 11) is 0. The maximum absolute atomic E-state index is 12.3. The van der Waals surface area contributed by atoms with Crippen LogP contribution in [0.1, 0.15) is 19.4 Å². The Morgan fingerprint density at radius 1 is 1.32 bits per heavy atom. The van der Waals surface area contributed by atoms with E-state index in [0.29, 0.717) is 6.54 Å². The molecule has 0 atom stereocenters. The van der Waals surface area contributed by atoms with Crippen LogP contribution in [0, 0.1) is 0 Å². The summed E-state index contributed by atoms with van der Waals surface area (Å²) in [6.07, 6.45) is 2.99. The third kappa shape index (κ3) is 3.64. The van der Waals surface area contributed by atoms with Crippen LogP contribution in [0.5, 0.6) is 0 Å². The lowest BCUT2D eigenvalue weighted by atomic mass is 10.2. The largest absolute Gasteiger partial charge is 0.334 e. The monoisotopic (exact) mass is 258 g/mol. The van der Waals surface area contributed by atoms with Gasteiger partial charge in [-0.3, -0.25) is 4.79 Å². The number of hydrogen-bond acceptors (Lipinski definition) is 3. The second-order valence-corrected chi connectivity index (χ2v) is 4.69. The summed E-state index contributed by atoms with van der Waals surface area (Å²) < 4.78 is 1.54. The Morgan fingerprint density at radius 3 is 2.63 bits per heavy atom. The van der Waals surface area contributed by atoms with E-state index >= 15 is 0 Å². The third-order valence-electron chi connectivity index (χ3n) is 2.90. The van der Waals surface area contributed by atoms with E-state index in [-0.39, 0.29) is 18.5 Å².